The Morgan fingerprint density at radius 3 is 2.44 bits per heavy atom. The second-order valence-corrected chi connectivity index (χ2v) is 14.6. The topological polar surface area (TPSA) is 325 Å². The molecule has 0 saturated carbocycles. The van der Waals surface area contributed by atoms with Gasteiger partial charge in [-0.05, 0) is 0 Å². The third-order valence-electron chi connectivity index (χ3n) is 6.59. The Hall–Kier alpha value is -2.49. The van der Waals surface area contributed by atoms with Gasteiger partial charge in [0.25, 0.3) is 0 Å². The second kappa shape index (κ2) is 12.1. The lowest BCUT2D eigenvalue weighted by molar-refractivity contribution is -0.215. The first kappa shape index (κ1) is 31.9. The monoisotopic (exact) mass is 665 g/mol. The van der Waals surface area contributed by atoms with Gasteiger partial charge in [-0.1, -0.05) is 0 Å². The molecule has 2 unspecified atom stereocenters. The molecule has 0 spiro atoms. The van der Waals surface area contributed by atoms with Crippen molar-refractivity contribution in [2.75, 3.05) is 24.9 Å². The van der Waals surface area contributed by atoms with E-state index in [1.165, 1.54) is 16.3 Å². The van der Waals surface area contributed by atoms with Crippen molar-refractivity contribution in [3.8, 4) is 0 Å². The SMILES string of the molecule is N=C([O-])c1csc([C@@H]2O[C@H](COP(=O)([O-])CP(=O)(O)OC[C@H]3O[C@@H](n4cnc5c(N)ncnc54)[C@H](O)[C@@H]3O)[C@@H](O)[C@H]2O)n1. The first-order valence-electron chi connectivity index (χ1n) is 12.3. The molecule has 0 aliphatic carbocycles. The fourth-order valence-electron chi connectivity index (χ4n) is 4.44. The van der Waals surface area contributed by atoms with Gasteiger partial charge in [-0.2, -0.15) is 0 Å². The van der Waals surface area contributed by atoms with Crippen molar-refractivity contribution in [2.45, 2.75) is 49.0 Å². The van der Waals surface area contributed by atoms with Gasteiger partial charge >= 0.3 is 7.60 Å². The van der Waals surface area contributed by atoms with Crippen molar-refractivity contribution in [2.24, 2.45) is 0 Å². The van der Waals surface area contributed by atoms with Gasteiger partial charge < -0.3 is 69.5 Å². The van der Waals surface area contributed by atoms with Crippen molar-refractivity contribution in [1.82, 2.24) is 24.5 Å². The minimum atomic E-state index is -5.12. The van der Waals surface area contributed by atoms with Crippen molar-refractivity contribution < 1.29 is 63.0 Å². The molecule has 2 saturated heterocycles. The van der Waals surface area contributed by atoms with Crippen LogP contribution in [0.5, 0.6) is 0 Å². The number of hydrogen-bond acceptors (Lipinski definition) is 19. The molecule has 2 aliphatic rings. The van der Waals surface area contributed by atoms with Crippen LogP contribution in [0.3, 0.4) is 0 Å². The predicted molar refractivity (Wildman–Crippen MR) is 138 cm³/mol. The van der Waals surface area contributed by atoms with Gasteiger partial charge in [0, 0.05) is 11.3 Å². The van der Waals surface area contributed by atoms with Crippen LogP contribution in [0.15, 0.2) is 18.0 Å². The number of nitrogen functional groups attached to an aromatic ring is 1. The number of aromatic nitrogens is 5. The van der Waals surface area contributed by atoms with E-state index >= 15 is 0 Å². The van der Waals surface area contributed by atoms with Crippen LogP contribution < -0.4 is 15.7 Å². The summed E-state index contributed by atoms with van der Waals surface area (Å²) in [7, 11) is -10.1. The molecule has 10 atom stereocenters. The summed E-state index contributed by atoms with van der Waals surface area (Å²) in [4.78, 5) is 38.3. The molecule has 5 heterocycles. The molecule has 0 radical (unpaired) electrons. The Balaban J connectivity index is 1.15. The highest BCUT2D eigenvalue weighted by atomic mass is 32.1. The summed E-state index contributed by atoms with van der Waals surface area (Å²) < 4.78 is 47.0. The Labute approximate surface area is 244 Å². The lowest BCUT2D eigenvalue weighted by atomic mass is 10.1. The average molecular weight is 665 g/mol. The maximum Gasteiger partial charge on any atom is 0.336 e. The highest BCUT2D eigenvalue weighted by Gasteiger charge is 2.47. The number of thiazole rings is 1. The average Bonchev–Trinajstić information content (AvgIpc) is 3.70. The van der Waals surface area contributed by atoms with Crippen molar-refractivity contribution >= 4 is 49.4 Å². The summed E-state index contributed by atoms with van der Waals surface area (Å²) in [5, 5.41) is 61.0. The Kier molecular flexibility index (Phi) is 9.00. The Morgan fingerprint density at radius 1 is 1.07 bits per heavy atom. The number of aliphatic hydroxyl groups excluding tert-OH is 4. The molecular formula is C20H25N7O13P2S-2. The minimum absolute atomic E-state index is 0.0585. The maximum absolute atomic E-state index is 12.6. The fourth-order valence-corrected chi connectivity index (χ4v) is 8.47. The van der Waals surface area contributed by atoms with Crippen LogP contribution in [-0.4, -0.2) is 111 Å². The quantitative estimate of drug-likeness (QED) is 0.0601. The number of rotatable bonds is 11. The summed E-state index contributed by atoms with van der Waals surface area (Å²) in [5.74, 6) is -2.52. The molecule has 0 aromatic carbocycles. The highest BCUT2D eigenvalue weighted by molar-refractivity contribution is 7.69. The van der Waals surface area contributed by atoms with Crippen LogP contribution >= 0.6 is 26.5 Å². The van der Waals surface area contributed by atoms with Crippen molar-refractivity contribution in [3.63, 3.8) is 0 Å². The number of aliphatic hydroxyl groups is 4. The van der Waals surface area contributed by atoms with Crippen LogP contribution in [0.4, 0.5) is 5.82 Å². The number of nitrogens with zero attached hydrogens (tertiary/aromatic N) is 5. The molecule has 2 fully saturated rings. The molecular weight excluding hydrogens is 640 g/mol. The van der Waals surface area contributed by atoms with E-state index in [1.54, 1.807) is 0 Å². The molecule has 0 bridgehead atoms. The minimum Gasteiger partial charge on any atom is -0.858 e. The van der Waals surface area contributed by atoms with Gasteiger partial charge in [-0.25, -0.2) is 19.9 Å². The third-order valence-corrected chi connectivity index (χ3v) is 11.4. The van der Waals surface area contributed by atoms with Gasteiger partial charge in [-0.3, -0.25) is 9.13 Å². The zero-order valence-corrected chi connectivity index (χ0v) is 24.2. The van der Waals surface area contributed by atoms with E-state index in [-0.39, 0.29) is 27.7 Å². The van der Waals surface area contributed by atoms with Crippen LogP contribution in [-0.2, 0) is 27.7 Å². The Morgan fingerprint density at radius 2 is 1.74 bits per heavy atom. The molecule has 3 aromatic rings. The summed E-state index contributed by atoms with van der Waals surface area (Å²) in [6, 6.07) is 0. The van der Waals surface area contributed by atoms with Gasteiger partial charge in [-0.15, -0.1) is 11.3 Å². The zero-order valence-electron chi connectivity index (χ0n) is 21.6. The number of fused-ring (bicyclic) bond motifs is 1. The standard InChI is InChI=1S/C20H27N7O13P2S/c21-16-10-18(24-4-23-16)27(5-25-10)20-14(31)12(29)9(40-20)2-38-42(35,36)6-41(33,34)37-1-8-11(28)13(30)15(39-8)19-26-7(3-43-19)17(22)32/h3-5,8-9,11-15,20,28-31H,1-2,6H2,(H2,22,32)(H,33,34)(H,35,36)(H2,21,23,24)/p-2/t8-,9-,11-,12-,13-,14-,15-,20-/m1/s1. The van der Waals surface area contributed by atoms with Crippen LogP contribution in [0.25, 0.3) is 11.2 Å². The number of imidazole rings is 1. The van der Waals surface area contributed by atoms with E-state index in [1.807, 2.05) is 0 Å². The zero-order chi connectivity index (χ0) is 31.3. The largest absolute Gasteiger partial charge is 0.858 e. The molecule has 20 nitrogen and oxygen atoms in total. The van der Waals surface area contributed by atoms with Gasteiger partial charge in [0.15, 0.2) is 17.7 Å². The molecule has 236 valence electrons. The van der Waals surface area contributed by atoms with E-state index in [4.69, 9.17) is 29.7 Å². The molecule has 0 amide bonds. The Bertz CT molecular complexity index is 1590. The van der Waals surface area contributed by atoms with Crippen LogP contribution in [0, 0.1) is 5.41 Å². The van der Waals surface area contributed by atoms with Crippen molar-refractivity contribution in [3.05, 3.63) is 28.7 Å². The third kappa shape index (κ3) is 6.64. The van der Waals surface area contributed by atoms with Crippen LogP contribution in [0.1, 0.15) is 23.0 Å². The van der Waals surface area contributed by atoms with Gasteiger partial charge in [0.05, 0.1) is 25.2 Å². The van der Waals surface area contributed by atoms with E-state index in [0.29, 0.717) is 0 Å². The normalized spacial score (nSPS) is 32.1. The molecule has 5 rings (SSSR count). The number of nitrogens with two attached hydrogens (primary N) is 1. The maximum atomic E-state index is 12.6. The number of nitrogens with one attached hydrogen (secondary N) is 1. The van der Waals surface area contributed by atoms with E-state index < -0.39 is 89.2 Å². The van der Waals surface area contributed by atoms with Gasteiger partial charge in [0.1, 0.15) is 73.1 Å². The second-order valence-electron chi connectivity index (χ2n) is 9.59. The first-order valence-corrected chi connectivity index (χ1v) is 16.6. The summed E-state index contributed by atoms with van der Waals surface area (Å²) in [6.45, 7) is -1.66. The lowest BCUT2D eigenvalue weighted by Gasteiger charge is -2.27. The molecule has 3 aromatic heterocycles. The van der Waals surface area contributed by atoms with E-state index in [9.17, 15) is 44.4 Å². The summed E-state index contributed by atoms with van der Waals surface area (Å²) >= 11 is 0.880. The summed E-state index contributed by atoms with van der Waals surface area (Å²) in [5.41, 5.74) is 5.93. The molecule has 2 aliphatic heterocycles. The van der Waals surface area contributed by atoms with E-state index in [2.05, 4.69) is 19.9 Å². The lowest BCUT2D eigenvalue weighted by Crippen LogP contribution is -2.34. The fraction of sp³-hybridized carbons (Fsp3) is 0.550. The highest BCUT2D eigenvalue weighted by Crippen LogP contribution is 2.56. The predicted octanol–water partition coefficient (Wildman–Crippen LogP) is -3.24. The van der Waals surface area contributed by atoms with Crippen molar-refractivity contribution in [1.29, 1.82) is 5.41 Å². The number of hydrogen-bond donors (Lipinski definition) is 7. The van der Waals surface area contributed by atoms with Gasteiger partial charge in [0.2, 0.25) is 0 Å². The number of ether oxygens (including phenoxy) is 2. The van der Waals surface area contributed by atoms with Crippen LogP contribution in [0.2, 0.25) is 0 Å². The van der Waals surface area contributed by atoms with E-state index in [0.717, 1.165) is 17.7 Å². The summed E-state index contributed by atoms with van der Waals surface area (Å²) in [6.07, 6.45) is -9.29. The smallest absolute Gasteiger partial charge is 0.336 e. The number of anilines is 1. The molecule has 8 N–H and O–H groups in total. The molecule has 23 heteroatoms. The molecule has 43 heavy (non-hydrogen) atoms. The first-order chi connectivity index (χ1) is 20.2.